The predicted octanol–water partition coefficient (Wildman–Crippen LogP) is 4.49. The van der Waals surface area contributed by atoms with Gasteiger partial charge in [0, 0.05) is 18.4 Å². The van der Waals surface area contributed by atoms with Gasteiger partial charge in [0.05, 0.1) is 11.6 Å². The van der Waals surface area contributed by atoms with Gasteiger partial charge in [0.1, 0.15) is 5.82 Å². The van der Waals surface area contributed by atoms with E-state index in [0.29, 0.717) is 5.56 Å². The fourth-order valence-corrected chi connectivity index (χ4v) is 3.88. The van der Waals surface area contributed by atoms with E-state index >= 15 is 0 Å². The number of aryl methyl sites for hydroxylation is 1. The van der Waals surface area contributed by atoms with Crippen molar-refractivity contribution in [3.8, 4) is 11.1 Å². The largest absolute Gasteiger partial charge is 0.478 e. The Balaban J connectivity index is 1.53. The van der Waals surface area contributed by atoms with Gasteiger partial charge in [0.2, 0.25) is 0 Å². The predicted molar refractivity (Wildman–Crippen MR) is 108 cm³/mol. The summed E-state index contributed by atoms with van der Waals surface area (Å²) in [4.78, 5) is 23.0. The Bertz CT molecular complexity index is 985. The molecule has 1 fully saturated rings. The van der Waals surface area contributed by atoms with E-state index in [1.54, 1.807) is 12.1 Å². The molecule has 5 nitrogen and oxygen atoms in total. The molecule has 3 aromatic rings. The normalized spacial score (nSPS) is 17.0. The minimum Gasteiger partial charge on any atom is -0.478 e. The highest BCUT2D eigenvalue weighted by molar-refractivity contribution is 5.95. The van der Waals surface area contributed by atoms with Crippen LogP contribution in [-0.2, 0) is 6.54 Å². The second-order valence-corrected chi connectivity index (χ2v) is 7.23. The van der Waals surface area contributed by atoms with E-state index in [-0.39, 0.29) is 6.04 Å². The lowest BCUT2D eigenvalue weighted by Gasteiger charge is -2.23. The third-order valence-electron chi connectivity index (χ3n) is 5.28. The lowest BCUT2D eigenvalue weighted by Crippen LogP contribution is -2.24. The monoisotopic (exact) mass is 373 g/mol. The number of carboxylic acids is 1. The summed E-state index contributed by atoms with van der Waals surface area (Å²) in [5, 5.41) is 9.41. The molecule has 142 valence electrons. The topological polar surface area (TPSA) is 66.3 Å². The number of aromatic nitrogens is 2. The lowest BCUT2D eigenvalue weighted by molar-refractivity contribution is 0.0697. The molecule has 0 spiro atoms. The zero-order valence-corrected chi connectivity index (χ0v) is 15.9. The van der Waals surface area contributed by atoms with Crippen molar-refractivity contribution in [3.63, 3.8) is 0 Å². The zero-order chi connectivity index (χ0) is 19.5. The summed E-state index contributed by atoms with van der Waals surface area (Å²) >= 11 is 0. The second-order valence-electron chi connectivity index (χ2n) is 7.23. The van der Waals surface area contributed by atoms with Crippen molar-refractivity contribution < 1.29 is 9.90 Å². The Morgan fingerprint density at radius 2 is 1.93 bits per heavy atom. The maximum atomic E-state index is 11.5. The average molecular weight is 373 g/mol. The molecule has 0 bridgehead atoms. The minimum atomic E-state index is -0.905. The van der Waals surface area contributed by atoms with Crippen LogP contribution in [0.3, 0.4) is 0 Å². The maximum Gasteiger partial charge on any atom is 0.336 e. The lowest BCUT2D eigenvalue weighted by atomic mass is 9.98. The summed E-state index contributed by atoms with van der Waals surface area (Å²) in [5.74, 6) is 0.00208. The Labute approximate surface area is 164 Å². The second kappa shape index (κ2) is 7.90. The highest BCUT2D eigenvalue weighted by atomic mass is 16.4. The zero-order valence-electron chi connectivity index (χ0n) is 15.9. The van der Waals surface area contributed by atoms with Gasteiger partial charge in [-0.1, -0.05) is 42.5 Å². The van der Waals surface area contributed by atoms with E-state index in [1.165, 1.54) is 5.56 Å². The van der Waals surface area contributed by atoms with Crippen LogP contribution in [0.25, 0.3) is 11.1 Å². The summed E-state index contributed by atoms with van der Waals surface area (Å²) in [6.45, 7) is 3.87. The standard InChI is InChI=1S/C23H23N3O2/c1-16-12-13-24-22(25-16)21-7-4-14-26(21)15-17-8-10-18(11-9-17)19-5-2-3-6-20(19)23(27)28/h2-3,5-6,8-13,21H,4,7,14-15H2,1H3,(H,27,28)/t21-/m0/s1. The van der Waals surface area contributed by atoms with Crippen molar-refractivity contribution in [1.82, 2.24) is 14.9 Å². The first-order valence-electron chi connectivity index (χ1n) is 9.57. The Morgan fingerprint density at radius 3 is 2.68 bits per heavy atom. The highest BCUT2D eigenvalue weighted by Crippen LogP contribution is 2.32. The molecule has 1 aromatic heterocycles. The summed E-state index contributed by atoms with van der Waals surface area (Å²) in [7, 11) is 0. The average Bonchev–Trinajstić information content (AvgIpc) is 3.17. The number of hydrogen-bond donors (Lipinski definition) is 1. The molecule has 1 aliphatic rings. The van der Waals surface area contributed by atoms with Crippen molar-refractivity contribution >= 4 is 5.97 Å². The SMILES string of the molecule is Cc1ccnc([C@@H]2CCCN2Cc2ccc(-c3ccccc3C(=O)O)cc2)n1. The number of carboxylic acid groups (broad SMARTS) is 1. The van der Waals surface area contributed by atoms with Crippen LogP contribution in [0.2, 0.25) is 0 Å². The van der Waals surface area contributed by atoms with E-state index in [1.807, 2.05) is 43.5 Å². The van der Waals surface area contributed by atoms with Crippen molar-refractivity contribution in [1.29, 1.82) is 0 Å². The first kappa shape index (κ1) is 18.3. The Hall–Kier alpha value is -3.05. The number of benzene rings is 2. The quantitative estimate of drug-likeness (QED) is 0.714. The molecule has 1 aliphatic heterocycles. The molecule has 1 N–H and O–H groups in total. The van der Waals surface area contributed by atoms with Crippen molar-refractivity contribution in [3.05, 3.63) is 83.4 Å². The first-order chi connectivity index (χ1) is 13.6. The molecule has 28 heavy (non-hydrogen) atoms. The van der Waals surface area contributed by atoms with E-state index in [9.17, 15) is 9.90 Å². The van der Waals surface area contributed by atoms with Gasteiger partial charge in [-0.15, -0.1) is 0 Å². The molecule has 0 radical (unpaired) electrons. The molecule has 0 aliphatic carbocycles. The van der Waals surface area contributed by atoms with Gasteiger partial charge in [0.15, 0.2) is 0 Å². The van der Waals surface area contributed by atoms with E-state index in [4.69, 9.17) is 0 Å². The molecule has 0 amide bonds. The summed E-state index contributed by atoms with van der Waals surface area (Å²) in [6.07, 6.45) is 4.06. The van der Waals surface area contributed by atoms with E-state index in [2.05, 4.69) is 27.0 Å². The van der Waals surface area contributed by atoms with Crippen LogP contribution >= 0.6 is 0 Å². The summed E-state index contributed by atoms with van der Waals surface area (Å²) in [6, 6.07) is 17.5. The van der Waals surface area contributed by atoms with Crippen LogP contribution in [0.15, 0.2) is 60.8 Å². The molecule has 5 heteroatoms. The van der Waals surface area contributed by atoms with Crippen LogP contribution in [0.1, 0.15) is 46.3 Å². The number of aromatic carboxylic acids is 1. The highest BCUT2D eigenvalue weighted by Gasteiger charge is 2.28. The maximum absolute atomic E-state index is 11.5. The smallest absolute Gasteiger partial charge is 0.336 e. The van der Waals surface area contributed by atoms with Gasteiger partial charge in [-0.25, -0.2) is 14.8 Å². The Kier molecular flexibility index (Phi) is 5.17. The fourth-order valence-electron chi connectivity index (χ4n) is 3.88. The molecule has 0 unspecified atom stereocenters. The van der Waals surface area contributed by atoms with Gasteiger partial charge < -0.3 is 5.11 Å². The number of carbonyl (C=O) groups is 1. The number of likely N-dealkylation sites (tertiary alicyclic amines) is 1. The molecular formula is C23H23N3O2. The number of nitrogens with zero attached hydrogens (tertiary/aromatic N) is 3. The van der Waals surface area contributed by atoms with Crippen molar-refractivity contribution in [2.24, 2.45) is 0 Å². The van der Waals surface area contributed by atoms with Crippen LogP contribution in [-0.4, -0.2) is 32.5 Å². The van der Waals surface area contributed by atoms with Gasteiger partial charge in [-0.05, 0) is 55.1 Å². The third-order valence-corrected chi connectivity index (χ3v) is 5.28. The summed E-state index contributed by atoms with van der Waals surface area (Å²) < 4.78 is 0. The number of hydrogen-bond acceptors (Lipinski definition) is 4. The molecule has 0 saturated carbocycles. The van der Waals surface area contributed by atoms with E-state index < -0.39 is 5.97 Å². The third kappa shape index (κ3) is 3.80. The minimum absolute atomic E-state index is 0.257. The summed E-state index contributed by atoms with van der Waals surface area (Å²) in [5.41, 5.74) is 4.19. The molecular weight excluding hydrogens is 350 g/mol. The number of rotatable bonds is 5. The van der Waals surface area contributed by atoms with E-state index in [0.717, 1.165) is 48.6 Å². The molecule has 2 aromatic carbocycles. The van der Waals surface area contributed by atoms with Crippen LogP contribution in [0.5, 0.6) is 0 Å². The van der Waals surface area contributed by atoms with Gasteiger partial charge in [0.25, 0.3) is 0 Å². The van der Waals surface area contributed by atoms with Crippen molar-refractivity contribution in [2.45, 2.75) is 32.4 Å². The first-order valence-corrected chi connectivity index (χ1v) is 9.57. The fraction of sp³-hybridized carbons (Fsp3) is 0.261. The van der Waals surface area contributed by atoms with Crippen LogP contribution in [0, 0.1) is 6.92 Å². The molecule has 1 saturated heterocycles. The molecule has 1 atom stereocenters. The Morgan fingerprint density at radius 1 is 1.14 bits per heavy atom. The van der Waals surface area contributed by atoms with Gasteiger partial charge in [-0.3, -0.25) is 4.90 Å². The van der Waals surface area contributed by atoms with Crippen LogP contribution < -0.4 is 0 Å². The molecule has 2 heterocycles. The molecule has 4 rings (SSSR count). The van der Waals surface area contributed by atoms with Crippen molar-refractivity contribution in [2.75, 3.05) is 6.54 Å². The van der Waals surface area contributed by atoms with Gasteiger partial charge in [-0.2, -0.15) is 0 Å². The van der Waals surface area contributed by atoms with Crippen LogP contribution in [0.4, 0.5) is 0 Å². The van der Waals surface area contributed by atoms with Gasteiger partial charge >= 0.3 is 5.97 Å².